The molecule has 0 bridgehead atoms. The van der Waals surface area contributed by atoms with Gasteiger partial charge < -0.3 is 21.2 Å². The van der Waals surface area contributed by atoms with E-state index in [9.17, 15) is 4.79 Å². The summed E-state index contributed by atoms with van der Waals surface area (Å²) in [6.45, 7) is 0. The second-order valence-electron chi connectivity index (χ2n) is 5.94. The summed E-state index contributed by atoms with van der Waals surface area (Å²) in [6.07, 6.45) is 0. The van der Waals surface area contributed by atoms with Crippen molar-refractivity contribution in [2.24, 2.45) is 5.73 Å². The molecule has 3 aromatic carbocycles. The highest BCUT2D eigenvalue weighted by Gasteiger charge is 2.16. The number of H-pyrrole nitrogens is 1. The van der Waals surface area contributed by atoms with Gasteiger partial charge in [-0.25, -0.2) is 0 Å². The van der Waals surface area contributed by atoms with E-state index in [1.54, 1.807) is 13.2 Å². The Morgan fingerprint density at radius 3 is 2.60 bits per heavy atom. The number of hydrogen-bond acceptors (Lipinski definition) is 3. The number of primary amides is 1. The van der Waals surface area contributed by atoms with Crippen LogP contribution in [-0.4, -0.2) is 18.0 Å². The highest BCUT2D eigenvalue weighted by Crippen LogP contribution is 2.36. The third-order valence-corrected chi connectivity index (χ3v) is 4.42. The molecule has 5 heteroatoms. The molecule has 0 aliphatic rings. The predicted octanol–water partition coefficient (Wildman–Crippen LogP) is 3.68. The van der Waals surface area contributed by atoms with Crippen LogP contribution in [-0.2, 0) is 0 Å². The number of methoxy groups -OCH3 is 1. The summed E-state index contributed by atoms with van der Waals surface area (Å²) in [6, 6.07) is 17.2. The molecule has 0 fully saturated rings. The number of fused-ring (bicyclic) bond motifs is 3. The Balaban J connectivity index is 2.10. The molecule has 0 spiro atoms. The van der Waals surface area contributed by atoms with Crippen LogP contribution in [0.2, 0.25) is 0 Å². The number of benzene rings is 3. The molecule has 0 radical (unpaired) electrons. The average Bonchev–Trinajstić information content (AvgIpc) is 2.97. The van der Waals surface area contributed by atoms with Crippen molar-refractivity contribution < 1.29 is 9.53 Å². The molecule has 0 aliphatic carbocycles. The Morgan fingerprint density at radius 1 is 1.04 bits per heavy atom. The van der Waals surface area contributed by atoms with Crippen LogP contribution in [0.15, 0.2) is 54.6 Å². The number of nitrogens with one attached hydrogen (secondary N) is 1. The lowest BCUT2D eigenvalue weighted by molar-refractivity contribution is 0.100. The average molecular weight is 331 g/mol. The molecule has 4 aromatic rings. The van der Waals surface area contributed by atoms with Crippen LogP contribution >= 0.6 is 0 Å². The number of anilines is 1. The summed E-state index contributed by atoms with van der Waals surface area (Å²) in [7, 11) is 1.63. The number of nitrogens with two attached hydrogens (primary N) is 2. The third-order valence-electron chi connectivity index (χ3n) is 4.42. The standard InChI is InChI=1S/C20H17N3O2/c1-25-18-5-3-2-4-13(18)11-8-15-14-7-6-12(21)10-17(14)23-19(15)16(9-11)20(22)24/h2-10,23H,21H2,1H3,(H2,22,24). The molecule has 124 valence electrons. The first-order chi connectivity index (χ1) is 12.1. The van der Waals surface area contributed by atoms with Gasteiger partial charge in [-0.15, -0.1) is 0 Å². The Hall–Kier alpha value is -3.47. The number of hydrogen-bond donors (Lipinski definition) is 3. The van der Waals surface area contributed by atoms with E-state index in [0.29, 0.717) is 16.8 Å². The Labute approximate surface area is 144 Å². The summed E-state index contributed by atoms with van der Waals surface area (Å²) in [4.78, 5) is 15.3. The fourth-order valence-corrected chi connectivity index (χ4v) is 3.26. The predicted molar refractivity (Wildman–Crippen MR) is 101 cm³/mol. The van der Waals surface area contributed by atoms with E-state index in [1.165, 1.54) is 0 Å². The fraction of sp³-hybridized carbons (Fsp3) is 0.0500. The summed E-state index contributed by atoms with van der Waals surface area (Å²) in [5.74, 6) is 0.252. The summed E-state index contributed by atoms with van der Waals surface area (Å²) in [5, 5.41) is 1.91. The molecule has 5 N–H and O–H groups in total. The number of amides is 1. The molecule has 0 unspecified atom stereocenters. The first-order valence-corrected chi connectivity index (χ1v) is 7.86. The van der Waals surface area contributed by atoms with E-state index in [-0.39, 0.29) is 0 Å². The first kappa shape index (κ1) is 15.1. The van der Waals surface area contributed by atoms with Crippen molar-refractivity contribution >= 4 is 33.4 Å². The maximum Gasteiger partial charge on any atom is 0.250 e. The second kappa shape index (κ2) is 5.56. The zero-order valence-electron chi connectivity index (χ0n) is 13.7. The maximum atomic E-state index is 12.0. The highest BCUT2D eigenvalue weighted by atomic mass is 16.5. The number of rotatable bonds is 3. The zero-order chi connectivity index (χ0) is 17.6. The minimum absolute atomic E-state index is 0.438. The molecule has 4 rings (SSSR count). The van der Waals surface area contributed by atoms with Crippen LogP contribution in [0.1, 0.15) is 10.4 Å². The van der Waals surface area contributed by atoms with Crippen molar-refractivity contribution in [2.75, 3.05) is 12.8 Å². The molecule has 0 saturated heterocycles. The van der Waals surface area contributed by atoms with Crippen LogP contribution in [0.25, 0.3) is 32.9 Å². The number of carbonyl (C=O) groups is 1. The lowest BCUT2D eigenvalue weighted by atomic mass is 9.98. The SMILES string of the molecule is COc1ccccc1-c1cc(C(N)=O)c2[nH]c3cc(N)ccc3c2c1. The Morgan fingerprint density at radius 2 is 1.84 bits per heavy atom. The highest BCUT2D eigenvalue weighted by molar-refractivity contribution is 6.16. The zero-order valence-corrected chi connectivity index (χ0v) is 13.7. The summed E-state index contributed by atoms with van der Waals surface area (Å²) in [5.41, 5.74) is 16.0. The smallest absolute Gasteiger partial charge is 0.250 e. The molecule has 5 nitrogen and oxygen atoms in total. The third kappa shape index (κ3) is 2.37. The lowest BCUT2D eigenvalue weighted by Gasteiger charge is -2.10. The van der Waals surface area contributed by atoms with Gasteiger partial charge in [0, 0.05) is 27.5 Å². The molecule has 25 heavy (non-hydrogen) atoms. The van der Waals surface area contributed by atoms with E-state index in [0.717, 1.165) is 33.2 Å². The number of aromatic amines is 1. The molecule has 1 amide bonds. The number of para-hydroxylation sites is 1. The van der Waals surface area contributed by atoms with Gasteiger partial charge in [0.2, 0.25) is 0 Å². The van der Waals surface area contributed by atoms with E-state index < -0.39 is 5.91 Å². The molecule has 0 atom stereocenters. The number of carbonyl (C=O) groups excluding carboxylic acids is 1. The van der Waals surface area contributed by atoms with Crippen molar-refractivity contribution in [2.45, 2.75) is 0 Å². The van der Waals surface area contributed by atoms with Crippen molar-refractivity contribution in [1.29, 1.82) is 0 Å². The summed E-state index contributed by atoms with van der Waals surface area (Å²) < 4.78 is 5.46. The normalized spacial score (nSPS) is 11.1. The number of aromatic nitrogens is 1. The molecule has 1 heterocycles. The molecule has 1 aromatic heterocycles. The van der Waals surface area contributed by atoms with Gasteiger partial charge in [0.05, 0.1) is 18.2 Å². The molecular formula is C20H17N3O2. The van der Waals surface area contributed by atoms with Gasteiger partial charge in [0.1, 0.15) is 5.75 Å². The van der Waals surface area contributed by atoms with E-state index in [2.05, 4.69) is 4.98 Å². The number of ether oxygens (including phenoxy) is 1. The largest absolute Gasteiger partial charge is 0.496 e. The Bertz CT molecular complexity index is 1130. The van der Waals surface area contributed by atoms with Gasteiger partial charge in [0.25, 0.3) is 5.91 Å². The van der Waals surface area contributed by atoms with Gasteiger partial charge in [0.15, 0.2) is 0 Å². The minimum Gasteiger partial charge on any atom is -0.496 e. The van der Waals surface area contributed by atoms with Crippen LogP contribution < -0.4 is 16.2 Å². The van der Waals surface area contributed by atoms with Crippen LogP contribution in [0.4, 0.5) is 5.69 Å². The molecule has 0 saturated carbocycles. The fourth-order valence-electron chi connectivity index (χ4n) is 3.26. The van der Waals surface area contributed by atoms with Gasteiger partial charge in [-0.05, 0) is 35.9 Å². The van der Waals surface area contributed by atoms with Crippen molar-refractivity contribution in [1.82, 2.24) is 4.98 Å². The second-order valence-corrected chi connectivity index (χ2v) is 5.94. The summed E-state index contributed by atoms with van der Waals surface area (Å²) >= 11 is 0. The van der Waals surface area contributed by atoms with Gasteiger partial charge in [-0.2, -0.15) is 0 Å². The van der Waals surface area contributed by atoms with E-state index in [1.807, 2.05) is 48.5 Å². The van der Waals surface area contributed by atoms with Crippen molar-refractivity contribution in [3.05, 3.63) is 60.2 Å². The number of nitrogen functional groups attached to an aromatic ring is 1. The minimum atomic E-state index is -0.485. The molecular weight excluding hydrogens is 314 g/mol. The maximum absolute atomic E-state index is 12.0. The van der Waals surface area contributed by atoms with Crippen molar-refractivity contribution in [3.63, 3.8) is 0 Å². The molecule has 0 aliphatic heterocycles. The first-order valence-electron chi connectivity index (χ1n) is 7.86. The Kier molecular flexibility index (Phi) is 3.35. The quantitative estimate of drug-likeness (QED) is 0.500. The van der Waals surface area contributed by atoms with Crippen LogP contribution in [0.3, 0.4) is 0 Å². The van der Waals surface area contributed by atoms with E-state index >= 15 is 0 Å². The van der Waals surface area contributed by atoms with Gasteiger partial charge >= 0.3 is 0 Å². The topological polar surface area (TPSA) is 94.1 Å². The van der Waals surface area contributed by atoms with Crippen LogP contribution in [0.5, 0.6) is 5.75 Å². The van der Waals surface area contributed by atoms with Gasteiger partial charge in [-0.3, -0.25) is 4.79 Å². The lowest BCUT2D eigenvalue weighted by Crippen LogP contribution is -2.11. The van der Waals surface area contributed by atoms with E-state index in [4.69, 9.17) is 16.2 Å². The van der Waals surface area contributed by atoms with Gasteiger partial charge in [-0.1, -0.05) is 24.3 Å². The van der Waals surface area contributed by atoms with Crippen LogP contribution in [0, 0.1) is 0 Å². The monoisotopic (exact) mass is 331 g/mol. The van der Waals surface area contributed by atoms with Crippen molar-refractivity contribution in [3.8, 4) is 16.9 Å².